The smallest absolute Gasteiger partial charge is 0.256 e. The topological polar surface area (TPSA) is 49.0 Å². The summed E-state index contributed by atoms with van der Waals surface area (Å²) in [5.41, 5.74) is 0.415. The summed E-state index contributed by atoms with van der Waals surface area (Å²) in [7, 11) is 0. The van der Waals surface area contributed by atoms with Crippen LogP contribution >= 0.6 is 0 Å². The Morgan fingerprint density at radius 1 is 1.05 bits per heavy atom. The average Bonchev–Trinajstić information content (AvgIpc) is 3.12. The Morgan fingerprint density at radius 3 is 2.10 bits per heavy atom. The van der Waals surface area contributed by atoms with Gasteiger partial charge in [0.15, 0.2) is 0 Å². The molecule has 0 saturated carbocycles. The molecule has 0 aliphatic heterocycles. The molecule has 1 radical (unpaired) electrons. The molecule has 2 aromatic rings. The SMILES string of the molecule is C1=C\CC/C=C\CC/1.O=C(c1ccc[n-]1)n1cccn1.[Rh]. The van der Waals surface area contributed by atoms with Gasteiger partial charge in [-0.2, -0.15) is 11.3 Å². The van der Waals surface area contributed by atoms with Crippen molar-refractivity contribution in [3.63, 3.8) is 0 Å². The van der Waals surface area contributed by atoms with Crippen molar-refractivity contribution in [2.45, 2.75) is 25.7 Å². The third-order valence-electron chi connectivity index (χ3n) is 2.82. The molecule has 2 aromatic heterocycles. The molecule has 0 spiro atoms. The van der Waals surface area contributed by atoms with Gasteiger partial charge in [-0.05, 0) is 31.7 Å². The number of nitrogens with zero attached hydrogens (tertiary/aromatic N) is 3. The molecule has 1 aliphatic rings. The van der Waals surface area contributed by atoms with Crippen molar-refractivity contribution in [2.24, 2.45) is 0 Å². The van der Waals surface area contributed by atoms with Crippen LogP contribution in [0.25, 0.3) is 0 Å². The third kappa shape index (κ3) is 6.05. The average molecular weight is 371 g/mol. The van der Waals surface area contributed by atoms with Gasteiger partial charge in [0.2, 0.25) is 0 Å². The van der Waals surface area contributed by atoms with Crippen LogP contribution in [0.5, 0.6) is 0 Å². The van der Waals surface area contributed by atoms with E-state index in [1.807, 2.05) is 0 Å². The van der Waals surface area contributed by atoms with E-state index in [-0.39, 0.29) is 25.4 Å². The van der Waals surface area contributed by atoms with E-state index in [9.17, 15) is 4.79 Å². The summed E-state index contributed by atoms with van der Waals surface area (Å²) in [5.74, 6) is -0.204. The molecular weight excluding hydrogens is 353 g/mol. The monoisotopic (exact) mass is 371 g/mol. The fourth-order valence-corrected chi connectivity index (χ4v) is 1.79. The molecule has 113 valence electrons. The molecule has 0 bridgehead atoms. The zero-order chi connectivity index (χ0) is 14.0. The summed E-state index contributed by atoms with van der Waals surface area (Å²) in [6.45, 7) is 0. The minimum atomic E-state index is -0.204. The maximum Gasteiger partial charge on any atom is 0.256 e. The Hall–Kier alpha value is -1.74. The first-order valence-corrected chi connectivity index (χ1v) is 6.80. The number of hydrogen-bond donors (Lipinski definition) is 0. The molecule has 0 atom stereocenters. The normalized spacial score (nSPS) is 16.4. The summed E-state index contributed by atoms with van der Waals surface area (Å²) in [6, 6.07) is 5.07. The van der Waals surface area contributed by atoms with Crippen molar-refractivity contribution >= 4 is 5.91 Å². The van der Waals surface area contributed by atoms with Crippen LogP contribution in [-0.4, -0.2) is 15.7 Å². The zero-order valence-electron chi connectivity index (χ0n) is 11.7. The van der Waals surface area contributed by atoms with Crippen LogP contribution in [0, 0.1) is 0 Å². The molecule has 0 unspecified atom stereocenters. The van der Waals surface area contributed by atoms with E-state index < -0.39 is 0 Å². The molecule has 0 aromatic carbocycles. The second-order valence-electron chi connectivity index (χ2n) is 4.38. The molecule has 5 heteroatoms. The summed E-state index contributed by atoms with van der Waals surface area (Å²) >= 11 is 0. The summed E-state index contributed by atoms with van der Waals surface area (Å²) < 4.78 is 1.25. The second kappa shape index (κ2) is 10.1. The van der Waals surface area contributed by atoms with E-state index in [1.165, 1.54) is 30.4 Å². The maximum atomic E-state index is 11.4. The van der Waals surface area contributed by atoms with E-state index in [1.54, 1.807) is 36.8 Å². The van der Waals surface area contributed by atoms with Crippen molar-refractivity contribution < 1.29 is 24.3 Å². The number of hydrogen-bond acceptors (Lipinski definition) is 2. The molecule has 4 nitrogen and oxygen atoms in total. The molecule has 0 amide bonds. The van der Waals surface area contributed by atoms with E-state index in [4.69, 9.17) is 0 Å². The number of allylic oxidation sites excluding steroid dienone is 4. The van der Waals surface area contributed by atoms with E-state index in [2.05, 4.69) is 34.4 Å². The van der Waals surface area contributed by atoms with Gasteiger partial charge in [0, 0.05) is 31.9 Å². The molecular formula is C16H18N3ORh-. The van der Waals surface area contributed by atoms with Gasteiger partial charge in [-0.15, -0.1) is 0 Å². The molecule has 0 saturated heterocycles. The van der Waals surface area contributed by atoms with Gasteiger partial charge in [0.05, 0.1) is 0 Å². The Balaban J connectivity index is 0.000000216. The van der Waals surface area contributed by atoms with Crippen LogP contribution in [-0.2, 0) is 19.5 Å². The van der Waals surface area contributed by atoms with Crippen LogP contribution in [0.1, 0.15) is 36.2 Å². The molecule has 3 rings (SSSR count). The van der Waals surface area contributed by atoms with Gasteiger partial charge >= 0.3 is 0 Å². The molecule has 1 aliphatic carbocycles. The van der Waals surface area contributed by atoms with Crippen LogP contribution in [0.4, 0.5) is 0 Å². The van der Waals surface area contributed by atoms with Gasteiger partial charge in [-0.25, -0.2) is 4.68 Å². The summed E-state index contributed by atoms with van der Waals surface area (Å²) in [5, 5.41) is 3.80. The number of carbonyl (C=O) groups excluding carboxylic acids is 1. The van der Waals surface area contributed by atoms with Gasteiger partial charge in [0.1, 0.15) is 0 Å². The zero-order valence-corrected chi connectivity index (χ0v) is 13.3. The number of rotatable bonds is 1. The first kappa shape index (κ1) is 17.3. The van der Waals surface area contributed by atoms with Gasteiger partial charge in [-0.1, -0.05) is 42.1 Å². The number of carbonyl (C=O) groups is 1. The largest absolute Gasteiger partial charge is 0.660 e. The summed E-state index contributed by atoms with van der Waals surface area (Å²) in [6.07, 6.45) is 18.7. The molecule has 0 N–H and O–H groups in total. The Bertz CT molecular complexity index is 494. The number of aromatic nitrogens is 3. The maximum absolute atomic E-state index is 11.4. The van der Waals surface area contributed by atoms with Crippen LogP contribution in [0.15, 0.2) is 61.1 Å². The van der Waals surface area contributed by atoms with Gasteiger partial charge in [-0.3, -0.25) is 4.79 Å². The fourth-order valence-electron chi connectivity index (χ4n) is 1.79. The third-order valence-corrected chi connectivity index (χ3v) is 2.82. The minimum absolute atomic E-state index is 0. The second-order valence-corrected chi connectivity index (χ2v) is 4.38. The fraction of sp³-hybridized carbons (Fsp3) is 0.250. The molecule has 0 fully saturated rings. The van der Waals surface area contributed by atoms with Gasteiger partial charge < -0.3 is 4.98 Å². The van der Waals surface area contributed by atoms with Gasteiger partial charge in [0.25, 0.3) is 5.91 Å². The standard InChI is InChI=1S/C8H7N3O.C8H12.Rh/c12-8(7-3-1-4-9-7)11-6-2-5-10-11;1-2-4-6-8-7-5-3-1;/h1-6H,(H,9,12);1-2,7-8H,3-6H2;/p-1/b;2-1-,8-7-;. The first-order valence-electron chi connectivity index (χ1n) is 6.80. The quantitative estimate of drug-likeness (QED) is 0.572. The van der Waals surface area contributed by atoms with Crippen molar-refractivity contribution in [3.05, 3.63) is 66.8 Å². The molecule has 2 heterocycles. The Morgan fingerprint density at radius 2 is 1.67 bits per heavy atom. The van der Waals surface area contributed by atoms with Crippen LogP contribution < -0.4 is 4.98 Å². The van der Waals surface area contributed by atoms with Crippen molar-refractivity contribution in [1.29, 1.82) is 0 Å². The van der Waals surface area contributed by atoms with E-state index in [0.29, 0.717) is 5.69 Å². The summed E-state index contributed by atoms with van der Waals surface area (Å²) in [4.78, 5) is 15.3. The van der Waals surface area contributed by atoms with Crippen LogP contribution in [0.2, 0.25) is 0 Å². The van der Waals surface area contributed by atoms with E-state index in [0.717, 1.165) is 0 Å². The van der Waals surface area contributed by atoms with Crippen molar-refractivity contribution in [1.82, 2.24) is 14.8 Å². The van der Waals surface area contributed by atoms with E-state index >= 15 is 0 Å². The first-order chi connectivity index (χ1) is 9.88. The van der Waals surface area contributed by atoms with Crippen molar-refractivity contribution in [2.75, 3.05) is 0 Å². The predicted molar refractivity (Wildman–Crippen MR) is 78.5 cm³/mol. The minimum Gasteiger partial charge on any atom is -0.660 e. The Labute approximate surface area is 137 Å². The predicted octanol–water partition coefficient (Wildman–Crippen LogP) is 3.20. The Kier molecular flexibility index (Phi) is 8.29. The van der Waals surface area contributed by atoms with Crippen LogP contribution in [0.3, 0.4) is 0 Å². The van der Waals surface area contributed by atoms with Crippen molar-refractivity contribution in [3.8, 4) is 0 Å². The molecule has 21 heavy (non-hydrogen) atoms.